The number of hydrogen-bond acceptors (Lipinski definition) is 6. The number of amides is 4. The first-order chi connectivity index (χ1) is 15.8. The number of imide groups is 1. The van der Waals surface area contributed by atoms with Crippen molar-refractivity contribution in [1.29, 1.82) is 0 Å². The molecule has 166 valence electrons. The van der Waals surface area contributed by atoms with E-state index in [9.17, 15) is 14.4 Å². The van der Waals surface area contributed by atoms with E-state index in [1.54, 1.807) is 18.3 Å². The molecule has 0 saturated carbocycles. The lowest BCUT2D eigenvalue weighted by molar-refractivity contribution is -0.122. The van der Waals surface area contributed by atoms with Crippen LogP contribution in [-0.4, -0.2) is 56.9 Å². The molecule has 0 radical (unpaired) electrons. The first-order valence-corrected chi connectivity index (χ1v) is 10.2. The van der Waals surface area contributed by atoms with E-state index in [-0.39, 0.29) is 12.5 Å². The van der Waals surface area contributed by atoms with Gasteiger partial charge in [0.25, 0.3) is 11.8 Å². The van der Waals surface area contributed by atoms with Crippen LogP contribution in [0.15, 0.2) is 24.4 Å². The smallest absolute Gasteiger partial charge is 0.323 e. The molecule has 2 aliphatic rings. The number of nitrogens with zero attached hydrogens (tertiary/aromatic N) is 3. The summed E-state index contributed by atoms with van der Waals surface area (Å²) in [5, 5.41) is 4.85. The first-order valence-electron chi connectivity index (χ1n) is 10.2. The van der Waals surface area contributed by atoms with Gasteiger partial charge in [-0.1, -0.05) is 17.9 Å². The summed E-state index contributed by atoms with van der Waals surface area (Å²) in [4.78, 5) is 51.2. The topological polar surface area (TPSA) is 129 Å². The molecule has 1 saturated heterocycles. The number of rotatable bonds is 3. The second kappa shape index (κ2) is 7.34. The highest BCUT2D eigenvalue weighted by Gasteiger charge is 2.48. The highest BCUT2D eigenvalue weighted by molar-refractivity contribution is 6.10. The molecule has 10 nitrogen and oxygen atoms in total. The van der Waals surface area contributed by atoms with Crippen molar-refractivity contribution in [2.75, 3.05) is 13.7 Å². The van der Waals surface area contributed by atoms with E-state index in [0.717, 1.165) is 17.0 Å². The van der Waals surface area contributed by atoms with E-state index in [1.807, 2.05) is 19.9 Å². The average molecular weight is 444 g/mol. The number of urea groups is 1. The number of benzene rings is 1. The van der Waals surface area contributed by atoms with Crippen molar-refractivity contribution in [2.45, 2.75) is 25.9 Å². The van der Waals surface area contributed by atoms with E-state index in [4.69, 9.17) is 4.74 Å². The number of aromatic nitrogens is 3. The lowest BCUT2D eigenvalue weighted by Crippen LogP contribution is -2.54. The van der Waals surface area contributed by atoms with Crippen molar-refractivity contribution in [3.63, 3.8) is 0 Å². The van der Waals surface area contributed by atoms with E-state index >= 15 is 0 Å². The summed E-state index contributed by atoms with van der Waals surface area (Å²) in [6.07, 6.45) is 1.59. The zero-order chi connectivity index (χ0) is 23.3. The molecule has 1 aromatic carbocycles. The summed E-state index contributed by atoms with van der Waals surface area (Å²) in [5.41, 5.74) is 2.42. The number of hydrogen-bond donors (Lipinski definition) is 3. The number of pyridine rings is 1. The van der Waals surface area contributed by atoms with Crippen LogP contribution in [0.2, 0.25) is 0 Å². The number of carbonyl (C=O) groups excluding carboxylic acids is 3. The molecule has 3 aromatic rings. The third-order valence-electron chi connectivity index (χ3n) is 5.86. The Bertz CT molecular complexity index is 1420. The molecule has 10 heteroatoms. The van der Waals surface area contributed by atoms with Crippen LogP contribution in [0.4, 0.5) is 4.79 Å². The van der Waals surface area contributed by atoms with Crippen LogP contribution >= 0.6 is 0 Å². The Kier molecular flexibility index (Phi) is 4.56. The number of methoxy groups -OCH3 is 1. The molecule has 0 spiro atoms. The van der Waals surface area contributed by atoms with Crippen LogP contribution in [0, 0.1) is 25.7 Å². The number of imidazole rings is 1. The molecule has 0 bridgehead atoms. The second-order valence-electron chi connectivity index (χ2n) is 8.06. The van der Waals surface area contributed by atoms with Gasteiger partial charge < -0.3 is 19.9 Å². The van der Waals surface area contributed by atoms with E-state index < -0.39 is 17.5 Å². The minimum Gasteiger partial charge on any atom is -0.497 e. The molecular weight excluding hydrogens is 424 g/mol. The normalized spacial score (nSPS) is 19.2. The minimum absolute atomic E-state index is 0.108. The summed E-state index contributed by atoms with van der Waals surface area (Å²) >= 11 is 0. The van der Waals surface area contributed by atoms with E-state index in [0.29, 0.717) is 34.6 Å². The number of aryl methyl sites for hydroxylation is 2. The van der Waals surface area contributed by atoms with Crippen LogP contribution in [0.3, 0.4) is 0 Å². The predicted molar refractivity (Wildman–Crippen MR) is 117 cm³/mol. The van der Waals surface area contributed by atoms with Crippen LogP contribution < -0.4 is 15.4 Å². The van der Waals surface area contributed by atoms with Crippen LogP contribution in [-0.2, 0) is 11.3 Å². The molecule has 3 N–H and O–H groups in total. The molecular formula is C23H20N6O4. The Morgan fingerprint density at radius 2 is 2.06 bits per heavy atom. The van der Waals surface area contributed by atoms with Crippen molar-refractivity contribution in [3.05, 3.63) is 52.5 Å². The number of H-pyrrole nitrogens is 1. The van der Waals surface area contributed by atoms with Gasteiger partial charge in [0.2, 0.25) is 5.54 Å². The maximum absolute atomic E-state index is 13.0. The Hall–Kier alpha value is -4.39. The van der Waals surface area contributed by atoms with Gasteiger partial charge in [0.05, 0.1) is 13.7 Å². The van der Waals surface area contributed by atoms with Crippen LogP contribution in [0.1, 0.15) is 32.9 Å². The van der Waals surface area contributed by atoms with Crippen molar-refractivity contribution in [2.24, 2.45) is 0 Å². The summed E-state index contributed by atoms with van der Waals surface area (Å²) in [6.45, 7) is 3.89. The lowest BCUT2D eigenvalue weighted by Gasteiger charge is -2.26. The van der Waals surface area contributed by atoms with Crippen molar-refractivity contribution in [1.82, 2.24) is 30.5 Å². The van der Waals surface area contributed by atoms with Crippen molar-refractivity contribution in [3.8, 4) is 17.6 Å². The molecule has 0 aliphatic carbocycles. The largest absolute Gasteiger partial charge is 0.497 e. The molecule has 2 aromatic heterocycles. The standard InChI is InChI=1S/C23H20N6O4/c1-12-14(9-24-19-18(12)25-13(2)26-19)6-7-23(21(31)27-22(32)28-23)11-29-10-15-4-5-16(33-3)8-17(15)20(29)30/h4-5,8-9H,10-11H2,1-3H3,(H,24,25,26)(H2,27,28,31,32)/t23-/m1/s1. The number of nitrogens with one attached hydrogen (secondary N) is 3. The van der Waals surface area contributed by atoms with Gasteiger partial charge in [-0.15, -0.1) is 0 Å². The van der Waals surface area contributed by atoms with Gasteiger partial charge >= 0.3 is 6.03 Å². The molecule has 4 amide bonds. The van der Waals surface area contributed by atoms with Crippen molar-refractivity contribution >= 4 is 29.0 Å². The number of ether oxygens (including phenoxy) is 1. The molecule has 2 aliphatic heterocycles. The van der Waals surface area contributed by atoms with E-state index in [1.165, 1.54) is 12.0 Å². The summed E-state index contributed by atoms with van der Waals surface area (Å²) in [7, 11) is 1.53. The maximum atomic E-state index is 13.0. The van der Waals surface area contributed by atoms with E-state index in [2.05, 4.69) is 37.4 Å². The lowest BCUT2D eigenvalue weighted by atomic mass is 9.98. The highest BCUT2D eigenvalue weighted by Crippen LogP contribution is 2.28. The predicted octanol–water partition coefficient (Wildman–Crippen LogP) is 1.17. The van der Waals surface area contributed by atoms with Gasteiger partial charge in [-0.2, -0.15) is 0 Å². The van der Waals surface area contributed by atoms with Gasteiger partial charge in [0, 0.05) is 23.9 Å². The van der Waals surface area contributed by atoms with Gasteiger partial charge in [-0.3, -0.25) is 14.9 Å². The Morgan fingerprint density at radius 1 is 1.24 bits per heavy atom. The quantitative estimate of drug-likeness (QED) is 0.411. The Morgan fingerprint density at radius 3 is 2.79 bits per heavy atom. The molecule has 5 rings (SSSR count). The molecule has 1 fully saturated rings. The fraction of sp³-hybridized carbons (Fsp3) is 0.261. The van der Waals surface area contributed by atoms with Gasteiger partial charge in [0.1, 0.15) is 17.1 Å². The fourth-order valence-corrected chi connectivity index (χ4v) is 4.10. The summed E-state index contributed by atoms with van der Waals surface area (Å²) in [5.74, 6) is 6.32. The Balaban J connectivity index is 1.50. The summed E-state index contributed by atoms with van der Waals surface area (Å²) < 4.78 is 5.21. The monoisotopic (exact) mass is 444 g/mol. The first kappa shape index (κ1) is 20.5. The minimum atomic E-state index is -1.60. The third-order valence-corrected chi connectivity index (χ3v) is 5.86. The zero-order valence-electron chi connectivity index (χ0n) is 18.2. The third kappa shape index (κ3) is 3.34. The zero-order valence-corrected chi connectivity index (χ0v) is 18.2. The maximum Gasteiger partial charge on any atom is 0.323 e. The SMILES string of the molecule is COc1ccc2c(c1)C(=O)N(C[C@@]1(C#Cc3cnc4[nH]c(C)nc4c3C)NC(=O)NC1=O)C2. The fourth-order valence-electron chi connectivity index (χ4n) is 4.10. The van der Waals surface area contributed by atoms with Crippen molar-refractivity contribution < 1.29 is 19.1 Å². The van der Waals surface area contributed by atoms with Crippen LogP contribution in [0.5, 0.6) is 5.75 Å². The number of fused-ring (bicyclic) bond motifs is 2. The molecule has 0 unspecified atom stereocenters. The van der Waals surface area contributed by atoms with Gasteiger partial charge in [0.15, 0.2) is 5.65 Å². The number of carbonyl (C=O) groups is 3. The molecule has 1 atom stereocenters. The number of aromatic amines is 1. The second-order valence-corrected chi connectivity index (χ2v) is 8.06. The average Bonchev–Trinajstić information content (AvgIpc) is 3.41. The van der Waals surface area contributed by atoms with Gasteiger partial charge in [-0.05, 0) is 37.1 Å². The molecule has 33 heavy (non-hydrogen) atoms. The molecule has 4 heterocycles. The van der Waals surface area contributed by atoms with Gasteiger partial charge in [-0.25, -0.2) is 14.8 Å². The highest BCUT2D eigenvalue weighted by atomic mass is 16.5. The van der Waals surface area contributed by atoms with Crippen LogP contribution in [0.25, 0.3) is 11.2 Å². The summed E-state index contributed by atoms with van der Waals surface area (Å²) in [6, 6.07) is 4.60. The Labute approximate surface area is 188 Å².